The van der Waals surface area contributed by atoms with Crippen molar-refractivity contribution in [3.8, 4) is 0 Å². The highest BCUT2D eigenvalue weighted by Crippen LogP contribution is 2.31. The summed E-state index contributed by atoms with van der Waals surface area (Å²) in [5.74, 6) is 1.18. The minimum Gasteiger partial charge on any atom is -0.365 e. The van der Waals surface area contributed by atoms with Crippen LogP contribution in [-0.4, -0.2) is 22.4 Å². The number of benzene rings is 1. The minimum absolute atomic E-state index is 0.0542. The van der Waals surface area contributed by atoms with E-state index in [-0.39, 0.29) is 5.91 Å². The molecule has 5 rings (SSSR count). The largest absolute Gasteiger partial charge is 0.365 e. The fraction of sp³-hybridized carbons (Fsp3) is 0.296. The molecule has 1 fully saturated rings. The molecule has 2 aliphatic rings. The molecular formula is C27H28N4O. The second kappa shape index (κ2) is 9.35. The molecule has 162 valence electrons. The van der Waals surface area contributed by atoms with E-state index in [1.807, 2.05) is 24.4 Å². The second-order valence-electron chi connectivity index (χ2n) is 8.63. The number of amides is 1. The molecule has 0 spiro atoms. The Kier molecular flexibility index (Phi) is 5.97. The van der Waals surface area contributed by atoms with Crippen LogP contribution >= 0.6 is 0 Å². The lowest BCUT2D eigenvalue weighted by Crippen LogP contribution is -2.29. The number of carbonyl (C=O) groups is 1. The molecular weight excluding hydrogens is 396 g/mol. The lowest BCUT2D eigenvalue weighted by molar-refractivity contribution is 0.0948. The molecule has 2 aromatic heterocycles. The summed E-state index contributed by atoms with van der Waals surface area (Å²) in [6.45, 7) is 1.35. The standard InChI is InChI=1S/C27H28N4O/c32-27(31-17-19-6-1-2-7-19)24-11-5-15-29-26(24)30-18-20-8-3-9-21(16-20)22-12-13-25-23(22)10-4-14-28-25/h3-5,8-12,14-16,19H,1-2,6-7,13,17-18H2,(H,29,30)(H,31,32). The number of nitrogens with one attached hydrogen (secondary N) is 2. The van der Waals surface area contributed by atoms with Crippen LogP contribution in [0.3, 0.4) is 0 Å². The topological polar surface area (TPSA) is 66.9 Å². The van der Waals surface area contributed by atoms with Crippen LogP contribution < -0.4 is 10.6 Å². The molecule has 0 aliphatic heterocycles. The number of nitrogens with zero attached hydrogens (tertiary/aromatic N) is 2. The zero-order chi connectivity index (χ0) is 21.8. The van der Waals surface area contributed by atoms with E-state index in [9.17, 15) is 4.79 Å². The number of rotatable bonds is 7. The molecule has 0 bridgehead atoms. The molecule has 0 atom stereocenters. The average molecular weight is 425 g/mol. The van der Waals surface area contributed by atoms with E-state index in [4.69, 9.17) is 0 Å². The lowest BCUT2D eigenvalue weighted by atomic mass is 9.99. The molecule has 32 heavy (non-hydrogen) atoms. The van der Waals surface area contributed by atoms with Crippen LogP contribution in [0.2, 0.25) is 0 Å². The Hall–Kier alpha value is -3.47. The summed E-state index contributed by atoms with van der Waals surface area (Å²) >= 11 is 0. The van der Waals surface area contributed by atoms with Crippen LogP contribution in [0.15, 0.2) is 67.0 Å². The zero-order valence-corrected chi connectivity index (χ0v) is 18.2. The smallest absolute Gasteiger partial charge is 0.255 e. The molecule has 5 heteroatoms. The third-order valence-electron chi connectivity index (χ3n) is 6.46. The monoisotopic (exact) mass is 424 g/mol. The lowest BCUT2D eigenvalue weighted by Gasteiger charge is -2.14. The Balaban J connectivity index is 1.27. The van der Waals surface area contributed by atoms with Crippen LogP contribution in [0.4, 0.5) is 5.82 Å². The summed E-state index contributed by atoms with van der Waals surface area (Å²) in [5, 5.41) is 6.47. The maximum atomic E-state index is 12.8. The Morgan fingerprint density at radius 1 is 1.00 bits per heavy atom. The Bertz CT molecular complexity index is 1150. The number of hydrogen-bond donors (Lipinski definition) is 2. The molecule has 0 radical (unpaired) electrons. The Morgan fingerprint density at radius 2 is 1.84 bits per heavy atom. The molecule has 2 heterocycles. The molecule has 3 aromatic rings. The first kappa shape index (κ1) is 20.4. The van der Waals surface area contributed by atoms with E-state index in [1.54, 1.807) is 6.20 Å². The van der Waals surface area contributed by atoms with Gasteiger partial charge in [-0.2, -0.15) is 0 Å². The van der Waals surface area contributed by atoms with Crippen molar-refractivity contribution < 1.29 is 4.79 Å². The van der Waals surface area contributed by atoms with Crippen molar-refractivity contribution in [3.63, 3.8) is 0 Å². The van der Waals surface area contributed by atoms with Crippen molar-refractivity contribution in [2.45, 2.75) is 38.6 Å². The van der Waals surface area contributed by atoms with Crippen LogP contribution in [0.5, 0.6) is 0 Å². The van der Waals surface area contributed by atoms with Gasteiger partial charge in [0.1, 0.15) is 5.82 Å². The third-order valence-corrected chi connectivity index (χ3v) is 6.46. The van der Waals surface area contributed by atoms with Gasteiger partial charge in [0.05, 0.1) is 11.3 Å². The third kappa shape index (κ3) is 4.42. The minimum atomic E-state index is -0.0542. The summed E-state index contributed by atoms with van der Waals surface area (Å²) < 4.78 is 0. The molecule has 2 N–H and O–H groups in total. The van der Waals surface area contributed by atoms with Crippen molar-refractivity contribution in [3.05, 3.63) is 94.9 Å². The summed E-state index contributed by atoms with van der Waals surface area (Å²) in [7, 11) is 0. The van der Waals surface area contributed by atoms with Gasteiger partial charge in [0.25, 0.3) is 5.91 Å². The number of pyridine rings is 2. The van der Waals surface area contributed by atoms with Gasteiger partial charge in [-0.3, -0.25) is 9.78 Å². The summed E-state index contributed by atoms with van der Waals surface area (Å²) in [4.78, 5) is 21.7. The number of anilines is 1. The Labute approximate surface area is 189 Å². The number of fused-ring (bicyclic) bond motifs is 1. The fourth-order valence-electron chi connectivity index (χ4n) is 4.74. The molecule has 0 unspecified atom stereocenters. The first-order chi connectivity index (χ1) is 15.8. The molecule has 1 amide bonds. The van der Waals surface area contributed by atoms with Crippen molar-refractivity contribution >= 4 is 17.3 Å². The highest BCUT2D eigenvalue weighted by atomic mass is 16.1. The van der Waals surface area contributed by atoms with E-state index in [1.165, 1.54) is 42.4 Å². The average Bonchev–Trinajstić information content (AvgIpc) is 3.52. The maximum Gasteiger partial charge on any atom is 0.255 e. The van der Waals surface area contributed by atoms with Gasteiger partial charge in [-0.1, -0.05) is 43.2 Å². The fourth-order valence-corrected chi connectivity index (χ4v) is 4.74. The van der Waals surface area contributed by atoms with Gasteiger partial charge in [0, 0.05) is 37.5 Å². The quantitative estimate of drug-likeness (QED) is 0.560. The SMILES string of the molecule is O=C(NCC1CCCC1)c1cccnc1NCc1cccc(C2=CCc3ncccc32)c1. The highest BCUT2D eigenvalue weighted by molar-refractivity contribution is 5.98. The van der Waals surface area contributed by atoms with E-state index >= 15 is 0 Å². The van der Waals surface area contributed by atoms with E-state index in [2.05, 4.69) is 57.0 Å². The normalized spacial score (nSPS) is 15.3. The number of hydrogen-bond acceptors (Lipinski definition) is 4. The predicted octanol–water partition coefficient (Wildman–Crippen LogP) is 5.00. The van der Waals surface area contributed by atoms with E-state index in [0.717, 1.165) is 24.2 Å². The van der Waals surface area contributed by atoms with Crippen LogP contribution in [0.1, 0.15) is 58.4 Å². The summed E-state index contributed by atoms with van der Waals surface area (Å²) in [6, 6.07) is 16.3. The molecule has 5 nitrogen and oxygen atoms in total. The number of allylic oxidation sites excluding steroid dienone is 1. The second-order valence-corrected chi connectivity index (χ2v) is 8.63. The maximum absolute atomic E-state index is 12.8. The molecule has 0 saturated heterocycles. The van der Waals surface area contributed by atoms with Crippen molar-refractivity contribution in [1.82, 2.24) is 15.3 Å². The van der Waals surface area contributed by atoms with Gasteiger partial charge in [-0.25, -0.2) is 4.98 Å². The predicted molar refractivity (Wildman–Crippen MR) is 127 cm³/mol. The molecule has 1 aromatic carbocycles. The van der Waals surface area contributed by atoms with Gasteiger partial charge in [0.15, 0.2) is 0 Å². The van der Waals surface area contributed by atoms with Crippen LogP contribution in [0.25, 0.3) is 5.57 Å². The first-order valence-corrected chi connectivity index (χ1v) is 11.5. The van der Waals surface area contributed by atoms with Crippen molar-refractivity contribution in [2.75, 3.05) is 11.9 Å². The van der Waals surface area contributed by atoms with Crippen LogP contribution in [0, 0.1) is 5.92 Å². The summed E-state index contributed by atoms with van der Waals surface area (Å²) in [6.07, 6.45) is 11.7. The molecule has 2 aliphatic carbocycles. The number of aromatic nitrogens is 2. The van der Waals surface area contributed by atoms with Gasteiger partial charge in [-0.05, 0) is 59.7 Å². The van der Waals surface area contributed by atoms with E-state index < -0.39 is 0 Å². The molecule has 1 saturated carbocycles. The van der Waals surface area contributed by atoms with Crippen molar-refractivity contribution in [1.29, 1.82) is 0 Å². The summed E-state index contributed by atoms with van der Waals surface area (Å²) in [5.41, 5.74) is 6.51. The van der Waals surface area contributed by atoms with Crippen LogP contribution in [-0.2, 0) is 13.0 Å². The zero-order valence-electron chi connectivity index (χ0n) is 18.2. The van der Waals surface area contributed by atoms with Gasteiger partial charge in [-0.15, -0.1) is 0 Å². The number of carbonyl (C=O) groups excluding carboxylic acids is 1. The van der Waals surface area contributed by atoms with Gasteiger partial charge in [0.2, 0.25) is 0 Å². The van der Waals surface area contributed by atoms with E-state index in [0.29, 0.717) is 23.8 Å². The van der Waals surface area contributed by atoms with Gasteiger partial charge < -0.3 is 10.6 Å². The van der Waals surface area contributed by atoms with Crippen molar-refractivity contribution in [2.24, 2.45) is 5.92 Å². The Morgan fingerprint density at radius 3 is 2.75 bits per heavy atom. The first-order valence-electron chi connectivity index (χ1n) is 11.5. The highest BCUT2D eigenvalue weighted by Gasteiger charge is 2.19. The van der Waals surface area contributed by atoms with Gasteiger partial charge >= 0.3 is 0 Å².